The first kappa shape index (κ1) is 17.0. The van der Waals surface area contributed by atoms with Crippen LogP contribution in [0.1, 0.15) is 16.7 Å². The molecule has 0 fully saturated rings. The lowest BCUT2D eigenvalue weighted by Gasteiger charge is -2.07. The van der Waals surface area contributed by atoms with Gasteiger partial charge in [0, 0.05) is 23.2 Å². The summed E-state index contributed by atoms with van der Waals surface area (Å²) in [5.41, 5.74) is 10.2. The van der Waals surface area contributed by atoms with Crippen molar-refractivity contribution in [2.75, 3.05) is 18.5 Å². The Balaban J connectivity index is 1.67. The lowest BCUT2D eigenvalue weighted by molar-refractivity contribution is -0.115. The van der Waals surface area contributed by atoms with E-state index in [4.69, 9.17) is 14.9 Å². The average molecular weight is 338 g/mol. The molecular weight excluding hydrogens is 316 g/mol. The van der Waals surface area contributed by atoms with Crippen LogP contribution < -0.4 is 15.8 Å². The molecule has 3 rings (SSSR count). The standard InChI is InChI=1S/C20H22N2O3/c1-13-9-18-15(12-25-19(18)10-14(13)2)11-20(23)22-16-3-5-17(6-4-16)24-8-7-21/h3-6,9-10,12H,7-8,11,21H2,1-2H3,(H,22,23). The SMILES string of the molecule is Cc1cc2occ(CC(=O)Nc3ccc(OCCN)cc3)c2cc1C. The lowest BCUT2D eigenvalue weighted by Crippen LogP contribution is -2.14. The Kier molecular flexibility index (Phi) is 5.05. The Labute approximate surface area is 146 Å². The molecule has 0 aliphatic carbocycles. The summed E-state index contributed by atoms with van der Waals surface area (Å²) in [5.74, 6) is 0.645. The molecule has 0 atom stereocenters. The number of furan rings is 1. The highest BCUT2D eigenvalue weighted by atomic mass is 16.5. The zero-order valence-electron chi connectivity index (χ0n) is 14.5. The molecule has 1 amide bonds. The van der Waals surface area contributed by atoms with Gasteiger partial charge in [0.2, 0.25) is 5.91 Å². The van der Waals surface area contributed by atoms with E-state index in [2.05, 4.69) is 18.3 Å². The monoisotopic (exact) mass is 338 g/mol. The van der Waals surface area contributed by atoms with Crippen LogP contribution in [-0.4, -0.2) is 19.1 Å². The summed E-state index contributed by atoms with van der Waals surface area (Å²) in [5, 5.41) is 3.88. The van der Waals surface area contributed by atoms with Crippen LogP contribution in [0.2, 0.25) is 0 Å². The van der Waals surface area contributed by atoms with Crippen LogP contribution in [0.15, 0.2) is 47.1 Å². The van der Waals surface area contributed by atoms with Crippen molar-refractivity contribution in [1.82, 2.24) is 0 Å². The van der Waals surface area contributed by atoms with Crippen LogP contribution in [0.5, 0.6) is 5.75 Å². The minimum absolute atomic E-state index is 0.0865. The van der Waals surface area contributed by atoms with E-state index >= 15 is 0 Å². The number of hydrogen-bond donors (Lipinski definition) is 2. The first-order chi connectivity index (χ1) is 12.1. The normalized spacial score (nSPS) is 10.8. The fraction of sp³-hybridized carbons (Fsp3) is 0.250. The van der Waals surface area contributed by atoms with Gasteiger partial charge in [0.25, 0.3) is 0 Å². The highest BCUT2D eigenvalue weighted by Gasteiger charge is 2.12. The molecule has 3 N–H and O–H groups in total. The second-order valence-electron chi connectivity index (χ2n) is 6.08. The molecule has 0 aliphatic rings. The predicted molar refractivity (Wildman–Crippen MR) is 99.0 cm³/mol. The third-order valence-corrected chi connectivity index (χ3v) is 4.15. The topological polar surface area (TPSA) is 77.5 Å². The number of benzene rings is 2. The zero-order chi connectivity index (χ0) is 17.8. The minimum atomic E-state index is -0.0865. The number of carbonyl (C=O) groups is 1. The second-order valence-corrected chi connectivity index (χ2v) is 6.08. The third kappa shape index (κ3) is 4.00. The van der Waals surface area contributed by atoms with Crippen LogP contribution in [0.25, 0.3) is 11.0 Å². The van der Waals surface area contributed by atoms with Gasteiger partial charge in [0.05, 0.1) is 12.7 Å². The van der Waals surface area contributed by atoms with Gasteiger partial charge in [0.15, 0.2) is 0 Å². The maximum absolute atomic E-state index is 12.3. The van der Waals surface area contributed by atoms with E-state index in [9.17, 15) is 4.79 Å². The van der Waals surface area contributed by atoms with Crippen LogP contribution in [0.3, 0.4) is 0 Å². The highest BCUT2D eigenvalue weighted by Crippen LogP contribution is 2.25. The van der Waals surface area contributed by atoms with Crippen molar-refractivity contribution in [1.29, 1.82) is 0 Å². The molecule has 5 heteroatoms. The fourth-order valence-electron chi connectivity index (χ4n) is 2.66. The number of ether oxygens (including phenoxy) is 1. The number of aryl methyl sites for hydroxylation is 2. The summed E-state index contributed by atoms with van der Waals surface area (Å²) >= 11 is 0. The summed E-state index contributed by atoms with van der Waals surface area (Å²) in [6.45, 7) is 5.04. The lowest BCUT2D eigenvalue weighted by atomic mass is 10.0. The molecule has 0 unspecified atom stereocenters. The Hall–Kier alpha value is -2.79. The predicted octanol–water partition coefficient (Wildman–Crippen LogP) is 3.57. The Morgan fingerprint density at radius 1 is 1.16 bits per heavy atom. The van der Waals surface area contributed by atoms with Gasteiger partial charge < -0.3 is 20.2 Å². The molecule has 1 aromatic heterocycles. The molecule has 0 spiro atoms. The van der Waals surface area contributed by atoms with E-state index in [1.54, 1.807) is 6.26 Å². The van der Waals surface area contributed by atoms with Crippen molar-refractivity contribution in [3.8, 4) is 5.75 Å². The average Bonchev–Trinajstić information content (AvgIpc) is 2.96. The fourth-order valence-corrected chi connectivity index (χ4v) is 2.66. The van der Waals surface area contributed by atoms with Gasteiger partial charge in [-0.3, -0.25) is 4.79 Å². The quantitative estimate of drug-likeness (QED) is 0.720. The van der Waals surface area contributed by atoms with Crippen LogP contribution in [0.4, 0.5) is 5.69 Å². The maximum Gasteiger partial charge on any atom is 0.228 e. The second kappa shape index (κ2) is 7.40. The molecule has 0 aliphatic heterocycles. The summed E-state index contributed by atoms with van der Waals surface area (Å²) in [4.78, 5) is 12.3. The maximum atomic E-state index is 12.3. The molecule has 5 nitrogen and oxygen atoms in total. The molecule has 3 aromatic rings. The molecule has 0 saturated heterocycles. The van der Waals surface area contributed by atoms with Crippen molar-refractivity contribution in [3.05, 3.63) is 59.4 Å². The minimum Gasteiger partial charge on any atom is -0.492 e. The Morgan fingerprint density at radius 3 is 2.60 bits per heavy atom. The van der Waals surface area contributed by atoms with Gasteiger partial charge in [-0.25, -0.2) is 0 Å². The van der Waals surface area contributed by atoms with E-state index in [-0.39, 0.29) is 12.3 Å². The zero-order valence-corrected chi connectivity index (χ0v) is 14.5. The van der Waals surface area contributed by atoms with E-state index in [1.807, 2.05) is 37.3 Å². The number of nitrogens with one attached hydrogen (secondary N) is 1. The van der Waals surface area contributed by atoms with Gasteiger partial charge in [0.1, 0.15) is 17.9 Å². The van der Waals surface area contributed by atoms with Crippen molar-refractivity contribution in [2.24, 2.45) is 5.73 Å². The number of carbonyl (C=O) groups excluding carboxylic acids is 1. The van der Waals surface area contributed by atoms with Crippen molar-refractivity contribution >= 4 is 22.6 Å². The molecule has 25 heavy (non-hydrogen) atoms. The van der Waals surface area contributed by atoms with Gasteiger partial charge in [-0.1, -0.05) is 0 Å². The van der Waals surface area contributed by atoms with Crippen LogP contribution in [0, 0.1) is 13.8 Å². The number of hydrogen-bond acceptors (Lipinski definition) is 4. The first-order valence-corrected chi connectivity index (χ1v) is 8.27. The van der Waals surface area contributed by atoms with E-state index in [1.165, 1.54) is 11.1 Å². The number of amides is 1. The van der Waals surface area contributed by atoms with E-state index < -0.39 is 0 Å². The molecule has 0 bridgehead atoms. The smallest absolute Gasteiger partial charge is 0.228 e. The van der Waals surface area contributed by atoms with Gasteiger partial charge in [-0.15, -0.1) is 0 Å². The van der Waals surface area contributed by atoms with E-state index in [0.29, 0.717) is 13.2 Å². The van der Waals surface area contributed by atoms with Crippen molar-refractivity contribution in [2.45, 2.75) is 20.3 Å². The summed E-state index contributed by atoms with van der Waals surface area (Å²) < 4.78 is 11.0. The molecule has 0 saturated carbocycles. The number of anilines is 1. The van der Waals surface area contributed by atoms with Crippen molar-refractivity contribution in [3.63, 3.8) is 0 Å². The van der Waals surface area contributed by atoms with Crippen LogP contribution >= 0.6 is 0 Å². The largest absolute Gasteiger partial charge is 0.492 e. The summed E-state index contributed by atoms with van der Waals surface area (Å²) in [7, 11) is 0. The highest BCUT2D eigenvalue weighted by molar-refractivity contribution is 5.95. The number of fused-ring (bicyclic) bond motifs is 1. The molecule has 130 valence electrons. The molecular formula is C20H22N2O3. The molecule has 0 radical (unpaired) electrons. The first-order valence-electron chi connectivity index (χ1n) is 8.27. The molecule has 1 heterocycles. The summed E-state index contributed by atoms with van der Waals surface area (Å²) in [6.07, 6.45) is 1.92. The Morgan fingerprint density at radius 2 is 1.88 bits per heavy atom. The van der Waals surface area contributed by atoms with Crippen LogP contribution in [-0.2, 0) is 11.2 Å². The number of rotatable bonds is 6. The molecule has 2 aromatic carbocycles. The van der Waals surface area contributed by atoms with Gasteiger partial charge >= 0.3 is 0 Å². The van der Waals surface area contributed by atoms with Gasteiger partial charge in [-0.2, -0.15) is 0 Å². The van der Waals surface area contributed by atoms with Gasteiger partial charge in [-0.05, 0) is 61.4 Å². The Bertz CT molecular complexity index is 882. The summed E-state index contributed by atoms with van der Waals surface area (Å²) in [6, 6.07) is 11.3. The number of nitrogens with two attached hydrogens (primary N) is 1. The van der Waals surface area contributed by atoms with E-state index in [0.717, 1.165) is 28.0 Å². The third-order valence-electron chi connectivity index (χ3n) is 4.15. The van der Waals surface area contributed by atoms with Crippen molar-refractivity contribution < 1.29 is 13.9 Å².